The van der Waals surface area contributed by atoms with Crippen LogP contribution < -0.4 is 5.73 Å². The predicted molar refractivity (Wildman–Crippen MR) is 52.4 cm³/mol. The summed E-state index contributed by atoms with van der Waals surface area (Å²) in [7, 11) is 1.87. The first-order chi connectivity index (χ1) is 6.24. The van der Waals surface area contributed by atoms with Crippen molar-refractivity contribution in [3.8, 4) is 0 Å². The van der Waals surface area contributed by atoms with Crippen LogP contribution in [0, 0.1) is 0 Å². The molecule has 1 amide bonds. The Labute approximate surface area is 79.7 Å². The summed E-state index contributed by atoms with van der Waals surface area (Å²) in [5.74, 6) is 0.259. The zero-order valence-corrected chi connectivity index (χ0v) is 8.33. The van der Waals surface area contributed by atoms with Crippen LogP contribution in [0.1, 0.15) is 12.8 Å². The second kappa shape index (κ2) is 5.19. The minimum absolute atomic E-state index is 0.259. The Kier molecular flexibility index (Phi) is 4.18. The molecule has 2 N–H and O–H groups in total. The van der Waals surface area contributed by atoms with Gasteiger partial charge in [-0.25, -0.2) is 0 Å². The third kappa shape index (κ3) is 3.32. The van der Waals surface area contributed by atoms with Gasteiger partial charge in [-0.15, -0.1) is 0 Å². The number of nitrogens with zero attached hydrogens (tertiary/aromatic N) is 2. The van der Waals surface area contributed by atoms with E-state index in [0.717, 1.165) is 39.1 Å². The summed E-state index contributed by atoms with van der Waals surface area (Å²) in [6, 6.07) is 0. The van der Waals surface area contributed by atoms with Crippen LogP contribution in [-0.4, -0.2) is 55.5 Å². The summed E-state index contributed by atoms with van der Waals surface area (Å²) in [5, 5.41) is 0. The fourth-order valence-electron chi connectivity index (χ4n) is 1.51. The lowest BCUT2D eigenvalue weighted by Gasteiger charge is -2.18. The van der Waals surface area contributed by atoms with Crippen molar-refractivity contribution < 1.29 is 4.79 Å². The largest absolute Gasteiger partial charge is 0.344 e. The number of carbonyl (C=O) groups is 1. The Morgan fingerprint density at radius 2 is 2.15 bits per heavy atom. The normalized spacial score (nSPS) is 20.5. The lowest BCUT2D eigenvalue weighted by Crippen LogP contribution is -2.31. The first-order valence-electron chi connectivity index (χ1n) is 4.90. The molecule has 4 heteroatoms. The topological polar surface area (TPSA) is 49.6 Å². The van der Waals surface area contributed by atoms with E-state index in [1.54, 1.807) is 0 Å². The van der Waals surface area contributed by atoms with Crippen LogP contribution in [0.3, 0.4) is 0 Å². The van der Waals surface area contributed by atoms with Crippen LogP contribution in [0.2, 0.25) is 0 Å². The van der Waals surface area contributed by atoms with Gasteiger partial charge in [0.2, 0.25) is 5.91 Å². The van der Waals surface area contributed by atoms with E-state index in [2.05, 4.69) is 4.90 Å². The molecule has 1 saturated heterocycles. The van der Waals surface area contributed by atoms with Gasteiger partial charge in [-0.2, -0.15) is 0 Å². The van der Waals surface area contributed by atoms with Gasteiger partial charge in [0.15, 0.2) is 0 Å². The van der Waals surface area contributed by atoms with Gasteiger partial charge in [0.25, 0.3) is 0 Å². The van der Waals surface area contributed by atoms with Crippen LogP contribution in [0.25, 0.3) is 0 Å². The molecule has 0 atom stereocenters. The minimum atomic E-state index is 0.259. The molecule has 1 heterocycles. The molecule has 1 rings (SSSR count). The van der Waals surface area contributed by atoms with Crippen molar-refractivity contribution in [2.75, 3.05) is 39.8 Å². The maximum absolute atomic E-state index is 11.3. The fraction of sp³-hybridized carbons (Fsp3) is 0.889. The summed E-state index contributed by atoms with van der Waals surface area (Å²) in [4.78, 5) is 15.4. The number of rotatable bonds is 3. The SMILES string of the molecule is CN1CCN(CCCN)CCC1=O. The molecule has 0 saturated carbocycles. The molecule has 0 aromatic carbocycles. The van der Waals surface area contributed by atoms with Crippen molar-refractivity contribution in [3.63, 3.8) is 0 Å². The summed E-state index contributed by atoms with van der Waals surface area (Å²) in [5.41, 5.74) is 5.44. The maximum atomic E-state index is 11.3. The Balaban J connectivity index is 2.31. The molecule has 0 spiro atoms. The third-order valence-electron chi connectivity index (χ3n) is 2.50. The molecule has 1 aliphatic rings. The number of nitrogens with two attached hydrogens (primary N) is 1. The fourth-order valence-corrected chi connectivity index (χ4v) is 1.51. The quantitative estimate of drug-likeness (QED) is 0.645. The monoisotopic (exact) mass is 185 g/mol. The lowest BCUT2D eigenvalue weighted by molar-refractivity contribution is -0.129. The average molecular weight is 185 g/mol. The average Bonchev–Trinajstić information content (AvgIpc) is 2.29. The molecule has 0 unspecified atom stereocenters. The zero-order chi connectivity index (χ0) is 9.68. The lowest BCUT2D eigenvalue weighted by atomic mass is 10.3. The highest BCUT2D eigenvalue weighted by Crippen LogP contribution is 2.02. The zero-order valence-electron chi connectivity index (χ0n) is 8.33. The molecule has 4 nitrogen and oxygen atoms in total. The number of carbonyl (C=O) groups excluding carboxylic acids is 1. The van der Waals surface area contributed by atoms with Crippen LogP contribution >= 0.6 is 0 Å². The van der Waals surface area contributed by atoms with E-state index < -0.39 is 0 Å². The highest BCUT2D eigenvalue weighted by Gasteiger charge is 2.16. The minimum Gasteiger partial charge on any atom is -0.344 e. The van der Waals surface area contributed by atoms with E-state index in [-0.39, 0.29) is 5.91 Å². The Hall–Kier alpha value is -0.610. The number of hydrogen-bond donors (Lipinski definition) is 1. The van der Waals surface area contributed by atoms with Gasteiger partial charge in [-0.1, -0.05) is 0 Å². The Morgan fingerprint density at radius 3 is 2.85 bits per heavy atom. The summed E-state index contributed by atoms with van der Waals surface area (Å²) in [6.07, 6.45) is 1.68. The molecular formula is C9H19N3O. The van der Waals surface area contributed by atoms with Crippen LogP contribution in [0.5, 0.6) is 0 Å². The van der Waals surface area contributed by atoms with Crippen molar-refractivity contribution in [3.05, 3.63) is 0 Å². The van der Waals surface area contributed by atoms with E-state index in [4.69, 9.17) is 5.73 Å². The second-order valence-corrected chi connectivity index (χ2v) is 3.55. The highest BCUT2D eigenvalue weighted by atomic mass is 16.2. The number of hydrogen-bond acceptors (Lipinski definition) is 3. The molecule has 1 fully saturated rings. The number of amides is 1. The van der Waals surface area contributed by atoms with Gasteiger partial charge in [-0.3, -0.25) is 4.79 Å². The van der Waals surface area contributed by atoms with E-state index in [1.807, 2.05) is 11.9 Å². The van der Waals surface area contributed by atoms with Gasteiger partial charge in [-0.05, 0) is 19.5 Å². The van der Waals surface area contributed by atoms with E-state index in [9.17, 15) is 4.79 Å². The molecule has 0 aromatic heterocycles. The Morgan fingerprint density at radius 1 is 1.38 bits per heavy atom. The summed E-state index contributed by atoms with van der Waals surface area (Å²) < 4.78 is 0. The molecule has 0 bridgehead atoms. The van der Waals surface area contributed by atoms with Crippen molar-refractivity contribution in [1.29, 1.82) is 0 Å². The molecular weight excluding hydrogens is 166 g/mol. The van der Waals surface area contributed by atoms with Gasteiger partial charge >= 0.3 is 0 Å². The summed E-state index contributed by atoms with van der Waals surface area (Å²) >= 11 is 0. The molecule has 1 aliphatic heterocycles. The van der Waals surface area contributed by atoms with Gasteiger partial charge < -0.3 is 15.5 Å². The smallest absolute Gasteiger partial charge is 0.223 e. The molecule has 0 radical (unpaired) electrons. The van der Waals surface area contributed by atoms with Crippen LogP contribution in [0.15, 0.2) is 0 Å². The van der Waals surface area contributed by atoms with Gasteiger partial charge in [0.1, 0.15) is 0 Å². The summed E-state index contributed by atoms with van der Waals surface area (Å²) in [6.45, 7) is 4.49. The van der Waals surface area contributed by atoms with E-state index in [0.29, 0.717) is 6.42 Å². The first kappa shape index (κ1) is 10.5. The van der Waals surface area contributed by atoms with Crippen molar-refractivity contribution in [2.24, 2.45) is 5.73 Å². The maximum Gasteiger partial charge on any atom is 0.223 e. The van der Waals surface area contributed by atoms with Crippen molar-refractivity contribution in [1.82, 2.24) is 9.80 Å². The van der Waals surface area contributed by atoms with Crippen LogP contribution in [-0.2, 0) is 4.79 Å². The Bertz CT molecular complexity index is 172. The highest BCUT2D eigenvalue weighted by molar-refractivity contribution is 5.76. The molecule has 13 heavy (non-hydrogen) atoms. The third-order valence-corrected chi connectivity index (χ3v) is 2.50. The van der Waals surface area contributed by atoms with E-state index in [1.165, 1.54) is 0 Å². The van der Waals surface area contributed by atoms with Crippen molar-refractivity contribution >= 4 is 5.91 Å². The second-order valence-electron chi connectivity index (χ2n) is 3.55. The first-order valence-corrected chi connectivity index (χ1v) is 4.90. The molecule has 0 aromatic rings. The van der Waals surface area contributed by atoms with Crippen LogP contribution in [0.4, 0.5) is 0 Å². The van der Waals surface area contributed by atoms with Crippen molar-refractivity contribution in [2.45, 2.75) is 12.8 Å². The van der Waals surface area contributed by atoms with E-state index >= 15 is 0 Å². The molecule has 76 valence electrons. The van der Waals surface area contributed by atoms with Gasteiger partial charge in [0, 0.05) is 33.1 Å². The molecule has 0 aliphatic carbocycles. The predicted octanol–water partition coefficient (Wildman–Crippen LogP) is -0.501. The standard InChI is InChI=1S/C9H19N3O/c1-11-7-8-12(5-2-4-10)6-3-9(11)13/h2-8,10H2,1H3. The number of likely N-dealkylation sites (N-methyl/N-ethyl adjacent to an activating group) is 1. The van der Waals surface area contributed by atoms with Gasteiger partial charge in [0.05, 0.1) is 0 Å².